The molecule has 2 N–H and O–H groups in total. The van der Waals surface area contributed by atoms with E-state index in [9.17, 15) is 0 Å². The van der Waals surface area contributed by atoms with E-state index < -0.39 is 0 Å². The van der Waals surface area contributed by atoms with Crippen LogP contribution in [0.25, 0.3) is 0 Å². The quantitative estimate of drug-likeness (QED) is 0.420. The Morgan fingerprint density at radius 3 is 3.18 bits per heavy atom. The number of nitrogens with one attached hydrogen (secondary N) is 2. The average Bonchev–Trinajstić information content (AvgIpc) is 2.93. The molecule has 0 spiro atoms. The van der Waals surface area contributed by atoms with Gasteiger partial charge in [-0.2, -0.15) is 0 Å². The van der Waals surface area contributed by atoms with Crippen molar-refractivity contribution in [3.8, 4) is 12.3 Å². The van der Waals surface area contributed by atoms with Crippen LogP contribution >= 0.6 is 0 Å². The van der Waals surface area contributed by atoms with Crippen LogP contribution in [0.2, 0.25) is 0 Å². The van der Waals surface area contributed by atoms with Crippen molar-refractivity contribution in [2.24, 2.45) is 4.99 Å². The predicted octanol–water partition coefficient (Wildman–Crippen LogP) is -0.477. The van der Waals surface area contributed by atoms with E-state index in [-0.39, 0.29) is 0 Å². The molecule has 6 nitrogen and oxygen atoms in total. The van der Waals surface area contributed by atoms with Gasteiger partial charge in [-0.05, 0) is 6.42 Å². The van der Waals surface area contributed by atoms with Crippen LogP contribution in [-0.4, -0.2) is 34.3 Å². The van der Waals surface area contributed by atoms with Gasteiger partial charge in [0.15, 0.2) is 11.8 Å². The number of fused-ring (bicyclic) bond motifs is 1. The first-order chi connectivity index (χ1) is 8.35. The van der Waals surface area contributed by atoms with E-state index in [0.29, 0.717) is 19.0 Å². The lowest BCUT2D eigenvalue weighted by Crippen LogP contribution is -2.37. The van der Waals surface area contributed by atoms with Crippen LogP contribution in [0.15, 0.2) is 4.99 Å². The van der Waals surface area contributed by atoms with Crippen molar-refractivity contribution in [2.45, 2.75) is 25.9 Å². The molecule has 0 saturated carbocycles. The van der Waals surface area contributed by atoms with Crippen molar-refractivity contribution in [1.29, 1.82) is 0 Å². The van der Waals surface area contributed by atoms with E-state index in [1.807, 2.05) is 0 Å². The number of aliphatic imine (C=N–C) groups is 1. The second kappa shape index (κ2) is 5.34. The zero-order chi connectivity index (χ0) is 12.1. The van der Waals surface area contributed by atoms with Gasteiger partial charge in [-0.25, -0.2) is 0 Å². The Labute approximate surface area is 101 Å². The van der Waals surface area contributed by atoms with Crippen LogP contribution in [-0.2, 0) is 19.5 Å². The molecule has 0 aromatic carbocycles. The molecule has 1 aromatic rings. The summed E-state index contributed by atoms with van der Waals surface area (Å²) in [6.07, 6.45) is 7.35. The Kier molecular flexibility index (Phi) is 3.60. The van der Waals surface area contributed by atoms with Crippen molar-refractivity contribution in [2.75, 3.05) is 13.6 Å². The number of rotatable bonds is 3. The summed E-state index contributed by atoms with van der Waals surface area (Å²) in [4.78, 5) is 4.06. The van der Waals surface area contributed by atoms with Gasteiger partial charge in [0.05, 0.1) is 13.1 Å². The molecule has 0 atom stereocenters. The Morgan fingerprint density at radius 1 is 1.53 bits per heavy atom. The fourth-order valence-electron chi connectivity index (χ4n) is 1.86. The third-order valence-corrected chi connectivity index (χ3v) is 2.68. The van der Waals surface area contributed by atoms with Crippen molar-refractivity contribution in [3.05, 3.63) is 11.6 Å². The Balaban J connectivity index is 1.91. The number of guanidine groups is 1. The number of aryl methyl sites for hydroxylation is 1. The second-order valence-electron chi connectivity index (χ2n) is 3.77. The molecule has 6 heteroatoms. The minimum atomic E-state index is 0.456. The number of aromatic nitrogens is 3. The van der Waals surface area contributed by atoms with Crippen LogP contribution in [0.3, 0.4) is 0 Å². The van der Waals surface area contributed by atoms with Crippen molar-refractivity contribution >= 4 is 5.96 Å². The van der Waals surface area contributed by atoms with E-state index in [0.717, 1.165) is 31.0 Å². The van der Waals surface area contributed by atoms with E-state index in [2.05, 4.69) is 36.3 Å². The third-order valence-electron chi connectivity index (χ3n) is 2.68. The lowest BCUT2D eigenvalue weighted by atomic mass is 10.4. The number of hydrogen-bond acceptors (Lipinski definition) is 3. The maximum absolute atomic E-state index is 5.17. The fourth-order valence-corrected chi connectivity index (χ4v) is 1.86. The van der Waals surface area contributed by atoms with Gasteiger partial charge >= 0.3 is 0 Å². The van der Waals surface area contributed by atoms with Gasteiger partial charge in [0.2, 0.25) is 0 Å². The molecule has 1 aliphatic rings. The summed E-state index contributed by atoms with van der Waals surface area (Å²) in [7, 11) is 1.71. The summed E-state index contributed by atoms with van der Waals surface area (Å²) in [5.74, 6) is 5.20. The lowest BCUT2D eigenvalue weighted by molar-refractivity contribution is 0.665. The highest BCUT2D eigenvalue weighted by atomic mass is 15.3. The molecule has 17 heavy (non-hydrogen) atoms. The van der Waals surface area contributed by atoms with Gasteiger partial charge in [-0.3, -0.25) is 4.99 Å². The summed E-state index contributed by atoms with van der Waals surface area (Å²) in [6.45, 7) is 2.07. The number of hydrogen-bond donors (Lipinski definition) is 2. The minimum absolute atomic E-state index is 0.456. The third kappa shape index (κ3) is 2.56. The van der Waals surface area contributed by atoms with E-state index >= 15 is 0 Å². The monoisotopic (exact) mass is 232 g/mol. The summed E-state index contributed by atoms with van der Waals surface area (Å²) in [6, 6.07) is 0. The molecule has 0 aliphatic carbocycles. The molecule has 0 unspecified atom stereocenters. The zero-order valence-electron chi connectivity index (χ0n) is 9.90. The highest BCUT2D eigenvalue weighted by Gasteiger charge is 2.16. The molecule has 1 aromatic heterocycles. The lowest BCUT2D eigenvalue weighted by Gasteiger charge is -2.09. The molecular formula is C11H16N6. The Bertz CT molecular complexity index is 453. The number of nitrogens with zero attached hydrogens (tertiary/aromatic N) is 4. The zero-order valence-corrected chi connectivity index (χ0v) is 9.90. The molecule has 2 heterocycles. The van der Waals surface area contributed by atoms with Crippen LogP contribution in [0, 0.1) is 12.3 Å². The van der Waals surface area contributed by atoms with E-state index in [1.165, 1.54) is 0 Å². The molecule has 0 bridgehead atoms. The van der Waals surface area contributed by atoms with E-state index in [1.54, 1.807) is 7.05 Å². The van der Waals surface area contributed by atoms with Crippen molar-refractivity contribution < 1.29 is 0 Å². The van der Waals surface area contributed by atoms with Crippen LogP contribution in [0.5, 0.6) is 0 Å². The number of terminal acetylenes is 1. The second-order valence-corrected chi connectivity index (χ2v) is 3.77. The summed E-state index contributed by atoms with van der Waals surface area (Å²) in [5, 5.41) is 14.4. The van der Waals surface area contributed by atoms with Crippen LogP contribution < -0.4 is 10.6 Å². The Morgan fingerprint density at radius 2 is 2.41 bits per heavy atom. The standard InChI is InChI=1S/C11H16N6/c1-3-6-13-11(12-2)14-8-10-16-15-9-5-4-7-17(9)10/h1H,4-8H2,2H3,(H2,12,13,14). The molecule has 0 saturated heterocycles. The molecular weight excluding hydrogens is 216 g/mol. The van der Waals surface area contributed by atoms with Crippen molar-refractivity contribution in [3.63, 3.8) is 0 Å². The predicted molar refractivity (Wildman–Crippen MR) is 65.4 cm³/mol. The first kappa shape index (κ1) is 11.5. The minimum Gasteiger partial charge on any atom is -0.349 e. The van der Waals surface area contributed by atoms with E-state index in [4.69, 9.17) is 6.42 Å². The van der Waals surface area contributed by atoms with Gasteiger partial charge in [-0.1, -0.05) is 5.92 Å². The van der Waals surface area contributed by atoms with Gasteiger partial charge < -0.3 is 15.2 Å². The first-order valence-electron chi connectivity index (χ1n) is 5.64. The van der Waals surface area contributed by atoms with Gasteiger partial charge in [0.1, 0.15) is 5.82 Å². The molecule has 1 aliphatic heterocycles. The first-order valence-corrected chi connectivity index (χ1v) is 5.64. The average molecular weight is 232 g/mol. The normalized spacial score (nSPS) is 14.2. The van der Waals surface area contributed by atoms with Gasteiger partial charge in [-0.15, -0.1) is 16.6 Å². The largest absolute Gasteiger partial charge is 0.349 e. The van der Waals surface area contributed by atoms with Crippen LogP contribution in [0.4, 0.5) is 0 Å². The fraction of sp³-hybridized carbons (Fsp3) is 0.545. The SMILES string of the molecule is C#CCNC(=NC)NCc1nnc2n1CCC2. The van der Waals surface area contributed by atoms with Crippen molar-refractivity contribution in [1.82, 2.24) is 25.4 Å². The molecule has 0 radical (unpaired) electrons. The van der Waals surface area contributed by atoms with Crippen LogP contribution in [0.1, 0.15) is 18.1 Å². The highest BCUT2D eigenvalue weighted by molar-refractivity contribution is 5.79. The molecule has 2 rings (SSSR count). The topological polar surface area (TPSA) is 67.1 Å². The van der Waals surface area contributed by atoms with Gasteiger partial charge in [0, 0.05) is 20.0 Å². The smallest absolute Gasteiger partial charge is 0.192 e. The maximum Gasteiger partial charge on any atom is 0.192 e. The summed E-state index contributed by atoms with van der Waals surface area (Å²) >= 11 is 0. The summed E-state index contributed by atoms with van der Waals surface area (Å²) in [5.41, 5.74) is 0. The molecule has 0 amide bonds. The summed E-state index contributed by atoms with van der Waals surface area (Å²) < 4.78 is 2.15. The highest BCUT2D eigenvalue weighted by Crippen LogP contribution is 2.13. The molecule has 90 valence electrons. The Hall–Kier alpha value is -2.03. The maximum atomic E-state index is 5.17. The van der Waals surface area contributed by atoms with Gasteiger partial charge in [0.25, 0.3) is 0 Å². The molecule has 0 fully saturated rings.